The van der Waals surface area contributed by atoms with Crippen molar-refractivity contribution in [2.75, 3.05) is 6.54 Å². The van der Waals surface area contributed by atoms with Crippen LogP contribution in [0.1, 0.15) is 32.8 Å². The molecular formula is C15H20F3NS. The summed E-state index contributed by atoms with van der Waals surface area (Å²) in [6.07, 6.45) is 2.94. The second kappa shape index (κ2) is 7.74. The Hall–Kier alpha value is -0.940. The second-order valence-corrected chi connectivity index (χ2v) is 5.95. The van der Waals surface area contributed by atoms with E-state index >= 15 is 0 Å². The summed E-state index contributed by atoms with van der Waals surface area (Å²) in [6.45, 7) is 7.03. The standard InChI is InChI=1S/C15H20F3NS/c1-4-12(10-19-11(2)3)9-13-5-7-14(8-6-13)20-15(16,17)18/h5-9,11,19H,4,10H2,1-3H3. The molecule has 1 N–H and O–H groups in total. The van der Waals surface area contributed by atoms with Gasteiger partial charge in [-0.3, -0.25) is 0 Å². The van der Waals surface area contributed by atoms with Crippen LogP contribution < -0.4 is 5.32 Å². The Balaban J connectivity index is 2.71. The Kier molecular flexibility index (Phi) is 6.62. The number of rotatable bonds is 6. The molecule has 5 heteroatoms. The van der Waals surface area contributed by atoms with E-state index in [0.29, 0.717) is 6.04 Å². The molecule has 0 saturated carbocycles. The normalized spacial score (nSPS) is 13.1. The van der Waals surface area contributed by atoms with Crippen LogP contribution in [0.2, 0.25) is 0 Å². The molecule has 0 bridgehead atoms. The van der Waals surface area contributed by atoms with Crippen LogP contribution in [0.4, 0.5) is 13.2 Å². The molecule has 0 aliphatic carbocycles. The molecule has 0 fully saturated rings. The van der Waals surface area contributed by atoms with E-state index in [1.165, 1.54) is 17.7 Å². The molecule has 1 nitrogen and oxygen atoms in total. The quantitative estimate of drug-likeness (QED) is 0.735. The zero-order chi connectivity index (χ0) is 15.2. The van der Waals surface area contributed by atoms with Gasteiger partial charge in [-0.15, -0.1) is 0 Å². The number of halogens is 3. The molecule has 0 saturated heterocycles. The van der Waals surface area contributed by atoms with Crippen LogP contribution in [0.15, 0.2) is 34.7 Å². The van der Waals surface area contributed by atoms with E-state index in [4.69, 9.17) is 0 Å². The summed E-state index contributed by atoms with van der Waals surface area (Å²) in [5.41, 5.74) is -2.07. The predicted octanol–water partition coefficient (Wildman–Crippen LogP) is 5.09. The lowest BCUT2D eigenvalue weighted by Gasteiger charge is -2.10. The maximum absolute atomic E-state index is 12.2. The monoisotopic (exact) mass is 303 g/mol. The molecule has 0 amide bonds. The van der Waals surface area contributed by atoms with Gasteiger partial charge in [-0.2, -0.15) is 13.2 Å². The van der Waals surface area contributed by atoms with Gasteiger partial charge in [0.2, 0.25) is 0 Å². The first-order valence-corrected chi connectivity index (χ1v) is 7.40. The lowest BCUT2D eigenvalue weighted by molar-refractivity contribution is -0.0328. The topological polar surface area (TPSA) is 12.0 Å². The Morgan fingerprint density at radius 2 is 1.85 bits per heavy atom. The zero-order valence-electron chi connectivity index (χ0n) is 11.9. The Bertz CT molecular complexity index is 435. The van der Waals surface area contributed by atoms with Crippen molar-refractivity contribution in [1.82, 2.24) is 5.32 Å². The summed E-state index contributed by atoms with van der Waals surface area (Å²) in [4.78, 5) is 0.216. The molecule has 1 rings (SSSR count). The first kappa shape index (κ1) is 17.1. The highest BCUT2D eigenvalue weighted by Gasteiger charge is 2.28. The van der Waals surface area contributed by atoms with E-state index in [0.717, 1.165) is 18.5 Å². The van der Waals surface area contributed by atoms with Crippen LogP contribution >= 0.6 is 11.8 Å². The highest BCUT2D eigenvalue weighted by Crippen LogP contribution is 2.36. The zero-order valence-corrected chi connectivity index (χ0v) is 12.7. The molecular weight excluding hydrogens is 283 g/mol. The molecule has 0 radical (unpaired) electrons. The average molecular weight is 303 g/mol. The molecule has 0 atom stereocenters. The van der Waals surface area contributed by atoms with Gasteiger partial charge in [0.25, 0.3) is 0 Å². The van der Waals surface area contributed by atoms with E-state index < -0.39 is 5.51 Å². The van der Waals surface area contributed by atoms with Gasteiger partial charge >= 0.3 is 5.51 Å². The van der Waals surface area contributed by atoms with Gasteiger partial charge in [0.1, 0.15) is 0 Å². The molecule has 0 heterocycles. The Morgan fingerprint density at radius 1 is 1.25 bits per heavy atom. The van der Waals surface area contributed by atoms with Crippen molar-refractivity contribution < 1.29 is 13.2 Å². The van der Waals surface area contributed by atoms with Crippen molar-refractivity contribution in [3.8, 4) is 0 Å². The summed E-state index contributed by atoms with van der Waals surface area (Å²) >= 11 is -0.0848. The summed E-state index contributed by atoms with van der Waals surface area (Å²) < 4.78 is 36.7. The fraction of sp³-hybridized carbons (Fsp3) is 0.467. The minimum Gasteiger partial charge on any atom is -0.311 e. The number of benzene rings is 1. The SMILES string of the molecule is CCC(=Cc1ccc(SC(F)(F)F)cc1)CNC(C)C. The summed E-state index contributed by atoms with van der Waals surface area (Å²) in [7, 11) is 0. The summed E-state index contributed by atoms with van der Waals surface area (Å²) in [5, 5.41) is 3.34. The predicted molar refractivity (Wildman–Crippen MR) is 79.8 cm³/mol. The van der Waals surface area contributed by atoms with E-state index in [1.54, 1.807) is 12.1 Å². The molecule has 1 aromatic carbocycles. The molecule has 0 aliphatic heterocycles. The van der Waals surface area contributed by atoms with E-state index in [9.17, 15) is 13.2 Å². The number of nitrogens with one attached hydrogen (secondary N) is 1. The minimum absolute atomic E-state index is 0.0848. The third-order valence-corrected chi connectivity index (χ3v) is 3.42. The van der Waals surface area contributed by atoms with Crippen LogP contribution in [-0.2, 0) is 0 Å². The van der Waals surface area contributed by atoms with Crippen LogP contribution in [0, 0.1) is 0 Å². The Morgan fingerprint density at radius 3 is 2.30 bits per heavy atom. The van der Waals surface area contributed by atoms with E-state index in [2.05, 4.69) is 26.1 Å². The van der Waals surface area contributed by atoms with Gasteiger partial charge < -0.3 is 5.32 Å². The maximum atomic E-state index is 12.2. The fourth-order valence-corrected chi connectivity index (χ4v) is 2.15. The third-order valence-electron chi connectivity index (χ3n) is 2.68. The largest absolute Gasteiger partial charge is 0.446 e. The number of thioether (sulfide) groups is 1. The van der Waals surface area contributed by atoms with Gasteiger partial charge in [-0.1, -0.05) is 44.6 Å². The van der Waals surface area contributed by atoms with Crippen molar-refractivity contribution >= 4 is 17.8 Å². The highest BCUT2D eigenvalue weighted by atomic mass is 32.2. The molecule has 0 aromatic heterocycles. The van der Waals surface area contributed by atoms with Crippen LogP contribution in [0.3, 0.4) is 0 Å². The molecule has 0 unspecified atom stereocenters. The van der Waals surface area contributed by atoms with E-state index in [-0.39, 0.29) is 16.7 Å². The molecule has 0 spiro atoms. The van der Waals surface area contributed by atoms with Gasteiger partial charge in [0.15, 0.2) is 0 Å². The fourth-order valence-electron chi connectivity index (χ4n) is 1.61. The summed E-state index contributed by atoms with van der Waals surface area (Å²) in [5.74, 6) is 0. The van der Waals surface area contributed by atoms with E-state index in [1.807, 2.05) is 6.08 Å². The van der Waals surface area contributed by atoms with Gasteiger partial charge in [-0.25, -0.2) is 0 Å². The van der Waals surface area contributed by atoms with Crippen molar-refractivity contribution in [3.05, 3.63) is 35.4 Å². The smallest absolute Gasteiger partial charge is 0.311 e. The molecule has 0 aliphatic rings. The first-order chi connectivity index (χ1) is 9.30. The van der Waals surface area contributed by atoms with Crippen LogP contribution in [0.25, 0.3) is 6.08 Å². The third kappa shape index (κ3) is 7.01. The van der Waals surface area contributed by atoms with Gasteiger partial charge in [-0.05, 0) is 35.9 Å². The minimum atomic E-state index is -4.23. The van der Waals surface area contributed by atoms with Crippen LogP contribution in [-0.4, -0.2) is 18.1 Å². The number of hydrogen-bond acceptors (Lipinski definition) is 2. The average Bonchev–Trinajstić information content (AvgIpc) is 2.34. The lowest BCUT2D eigenvalue weighted by Crippen LogP contribution is -2.24. The molecule has 112 valence electrons. The van der Waals surface area contributed by atoms with Crippen molar-refractivity contribution in [2.45, 2.75) is 43.6 Å². The first-order valence-electron chi connectivity index (χ1n) is 6.59. The number of hydrogen-bond donors (Lipinski definition) is 1. The highest BCUT2D eigenvalue weighted by molar-refractivity contribution is 8.00. The molecule has 1 aromatic rings. The van der Waals surface area contributed by atoms with Crippen LogP contribution in [0.5, 0.6) is 0 Å². The maximum Gasteiger partial charge on any atom is 0.446 e. The number of alkyl halides is 3. The lowest BCUT2D eigenvalue weighted by atomic mass is 10.1. The molecule has 20 heavy (non-hydrogen) atoms. The van der Waals surface area contributed by atoms with Crippen molar-refractivity contribution in [2.24, 2.45) is 0 Å². The van der Waals surface area contributed by atoms with Gasteiger partial charge in [0, 0.05) is 17.5 Å². The van der Waals surface area contributed by atoms with Crippen molar-refractivity contribution in [1.29, 1.82) is 0 Å². The second-order valence-electron chi connectivity index (χ2n) is 4.81. The van der Waals surface area contributed by atoms with Gasteiger partial charge in [0.05, 0.1) is 0 Å². The Labute approximate surface area is 122 Å². The van der Waals surface area contributed by atoms with Crippen molar-refractivity contribution in [3.63, 3.8) is 0 Å². The summed E-state index contributed by atoms with van der Waals surface area (Å²) in [6, 6.07) is 6.87.